The van der Waals surface area contributed by atoms with E-state index < -0.39 is 6.43 Å². The zero-order chi connectivity index (χ0) is 10.3. The van der Waals surface area contributed by atoms with Gasteiger partial charge in [0.05, 0.1) is 4.88 Å². The highest BCUT2D eigenvalue weighted by molar-refractivity contribution is 7.19. The van der Waals surface area contributed by atoms with Crippen LogP contribution >= 0.6 is 22.9 Å². The van der Waals surface area contributed by atoms with E-state index in [0.29, 0.717) is 10.6 Å². The first-order valence-corrected chi connectivity index (χ1v) is 5.26. The molecule has 1 heterocycles. The molecule has 0 aliphatic carbocycles. The largest absolute Gasteiger partial charge is 0.273 e. The average molecular weight is 233 g/mol. The molecule has 0 spiro atoms. The monoisotopic (exact) mass is 232 g/mol. The van der Waals surface area contributed by atoms with Crippen molar-refractivity contribution < 1.29 is 8.78 Å². The summed E-state index contributed by atoms with van der Waals surface area (Å²) in [5, 5.41) is 1.30. The summed E-state index contributed by atoms with van der Waals surface area (Å²) < 4.78 is 26.0. The van der Waals surface area contributed by atoms with Crippen molar-refractivity contribution in [1.82, 2.24) is 0 Å². The van der Waals surface area contributed by atoms with E-state index in [4.69, 9.17) is 11.6 Å². The van der Waals surface area contributed by atoms with E-state index in [0.717, 1.165) is 21.4 Å². The highest BCUT2D eigenvalue weighted by Gasteiger charge is 2.17. The molecule has 0 amide bonds. The van der Waals surface area contributed by atoms with Crippen LogP contribution in [0.3, 0.4) is 0 Å². The number of halogens is 3. The minimum absolute atomic E-state index is 0.119. The van der Waals surface area contributed by atoms with E-state index in [9.17, 15) is 8.78 Å². The van der Waals surface area contributed by atoms with Crippen LogP contribution in [0.4, 0.5) is 8.78 Å². The van der Waals surface area contributed by atoms with Gasteiger partial charge in [0.1, 0.15) is 0 Å². The molecule has 1 aromatic heterocycles. The molecule has 4 heteroatoms. The SMILES string of the molecule is Cc1c(C(F)F)sc2cccc(Cl)c12. The van der Waals surface area contributed by atoms with E-state index >= 15 is 0 Å². The lowest BCUT2D eigenvalue weighted by Gasteiger charge is -1.96. The molecule has 0 fully saturated rings. The lowest BCUT2D eigenvalue weighted by Crippen LogP contribution is -1.80. The minimum Gasteiger partial charge on any atom is -0.204 e. The zero-order valence-corrected chi connectivity index (χ0v) is 8.92. The molecule has 0 bridgehead atoms. The van der Waals surface area contributed by atoms with Crippen molar-refractivity contribution in [1.29, 1.82) is 0 Å². The summed E-state index contributed by atoms with van der Waals surface area (Å²) in [6.07, 6.45) is -2.41. The van der Waals surface area contributed by atoms with Gasteiger partial charge in [-0.05, 0) is 24.6 Å². The highest BCUT2D eigenvalue weighted by atomic mass is 35.5. The first-order valence-electron chi connectivity index (χ1n) is 4.07. The molecule has 0 aliphatic rings. The second-order valence-electron chi connectivity index (χ2n) is 3.00. The molecular formula is C10H7ClF2S. The molecular weight excluding hydrogens is 226 g/mol. The normalized spacial score (nSPS) is 11.5. The molecule has 1 aromatic carbocycles. The Bertz CT molecular complexity index is 476. The average Bonchev–Trinajstić information content (AvgIpc) is 2.45. The van der Waals surface area contributed by atoms with Crippen LogP contribution in [0.2, 0.25) is 5.02 Å². The Morgan fingerprint density at radius 3 is 2.64 bits per heavy atom. The smallest absolute Gasteiger partial charge is 0.204 e. The molecule has 74 valence electrons. The third kappa shape index (κ3) is 1.41. The minimum atomic E-state index is -2.41. The third-order valence-electron chi connectivity index (χ3n) is 2.14. The summed E-state index contributed by atoms with van der Waals surface area (Å²) in [4.78, 5) is 0.119. The van der Waals surface area contributed by atoms with Crippen molar-refractivity contribution >= 4 is 33.0 Å². The predicted octanol–water partition coefficient (Wildman–Crippen LogP) is 4.80. The van der Waals surface area contributed by atoms with E-state index in [2.05, 4.69) is 0 Å². The number of hydrogen-bond acceptors (Lipinski definition) is 1. The Morgan fingerprint density at radius 2 is 2.07 bits per heavy atom. The fraction of sp³-hybridized carbons (Fsp3) is 0.200. The van der Waals surface area contributed by atoms with E-state index in [1.807, 2.05) is 6.07 Å². The molecule has 2 aromatic rings. The van der Waals surface area contributed by atoms with Gasteiger partial charge in [-0.25, -0.2) is 8.78 Å². The lowest BCUT2D eigenvalue weighted by atomic mass is 10.1. The van der Waals surface area contributed by atoms with Crippen LogP contribution in [0.1, 0.15) is 16.9 Å². The number of benzene rings is 1. The summed E-state index contributed by atoms with van der Waals surface area (Å²) in [5.41, 5.74) is 0.602. The van der Waals surface area contributed by atoms with Crippen molar-refractivity contribution in [2.24, 2.45) is 0 Å². The Labute approximate surface area is 89.1 Å². The number of thiophene rings is 1. The van der Waals surface area contributed by atoms with E-state index in [1.54, 1.807) is 19.1 Å². The van der Waals surface area contributed by atoms with Crippen LogP contribution in [0.15, 0.2) is 18.2 Å². The Hall–Kier alpha value is -0.670. The van der Waals surface area contributed by atoms with Crippen molar-refractivity contribution in [2.75, 3.05) is 0 Å². The summed E-state index contributed by atoms with van der Waals surface area (Å²) in [6, 6.07) is 5.31. The molecule has 0 N–H and O–H groups in total. The molecule has 0 saturated heterocycles. The first-order chi connectivity index (χ1) is 6.61. The van der Waals surface area contributed by atoms with Crippen LogP contribution in [0.25, 0.3) is 10.1 Å². The fourth-order valence-electron chi connectivity index (χ4n) is 1.48. The maximum Gasteiger partial charge on any atom is 0.273 e. The van der Waals surface area contributed by atoms with Crippen LogP contribution in [-0.2, 0) is 0 Å². The molecule has 0 atom stereocenters. The summed E-state index contributed by atoms with van der Waals surface area (Å²) in [5.74, 6) is 0. The second kappa shape index (κ2) is 3.48. The van der Waals surface area contributed by atoms with Gasteiger partial charge < -0.3 is 0 Å². The van der Waals surface area contributed by atoms with E-state index in [-0.39, 0.29) is 4.88 Å². The van der Waals surface area contributed by atoms with Crippen molar-refractivity contribution in [3.05, 3.63) is 33.7 Å². The van der Waals surface area contributed by atoms with Gasteiger partial charge >= 0.3 is 0 Å². The van der Waals surface area contributed by atoms with Gasteiger partial charge in [-0.1, -0.05) is 17.7 Å². The summed E-state index contributed by atoms with van der Waals surface area (Å²) in [6.45, 7) is 1.69. The standard InChI is InChI=1S/C10H7ClF2S/c1-5-8-6(11)3-2-4-7(8)14-9(5)10(12)13/h2-4,10H,1H3. The van der Waals surface area contributed by atoms with Gasteiger partial charge in [0.2, 0.25) is 0 Å². The van der Waals surface area contributed by atoms with Gasteiger partial charge in [-0.15, -0.1) is 11.3 Å². The topological polar surface area (TPSA) is 0 Å². The Balaban J connectivity index is 2.81. The van der Waals surface area contributed by atoms with Crippen LogP contribution in [0.5, 0.6) is 0 Å². The predicted molar refractivity (Wildman–Crippen MR) is 56.5 cm³/mol. The molecule has 0 saturated carbocycles. The van der Waals surface area contributed by atoms with Crippen molar-refractivity contribution in [3.63, 3.8) is 0 Å². The molecule has 0 aliphatic heterocycles. The van der Waals surface area contributed by atoms with Crippen LogP contribution in [0, 0.1) is 6.92 Å². The first kappa shape index (κ1) is 9.87. The second-order valence-corrected chi connectivity index (χ2v) is 4.50. The Kier molecular flexibility index (Phi) is 2.45. The van der Waals surface area contributed by atoms with Crippen molar-refractivity contribution in [3.8, 4) is 0 Å². The van der Waals surface area contributed by atoms with Crippen LogP contribution in [-0.4, -0.2) is 0 Å². The summed E-state index contributed by atoms with van der Waals surface area (Å²) >= 11 is 7.05. The fourth-order valence-corrected chi connectivity index (χ4v) is 2.94. The lowest BCUT2D eigenvalue weighted by molar-refractivity contribution is 0.155. The van der Waals surface area contributed by atoms with E-state index in [1.165, 1.54) is 0 Å². The maximum absolute atomic E-state index is 12.6. The summed E-state index contributed by atoms with van der Waals surface area (Å²) in [7, 11) is 0. The van der Waals surface area contributed by atoms with Crippen LogP contribution < -0.4 is 0 Å². The number of fused-ring (bicyclic) bond motifs is 1. The highest BCUT2D eigenvalue weighted by Crippen LogP contribution is 2.39. The number of hydrogen-bond donors (Lipinski definition) is 0. The Morgan fingerprint density at radius 1 is 1.36 bits per heavy atom. The number of rotatable bonds is 1. The van der Waals surface area contributed by atoms with Gasteiger partial charge in [0.15, 0.2) is 0 Å². The maximum atomic E-state index is 12.6. The van der Waals surface area contributed by atoms with Gasteiger partial charge in [0.25, 0.3) is 6.43 Å². The van der Waals surface area contributed by atoms with Gasteiger partial charge in [-0.3, -0.25) is 0 Å². The van der Waals surface area contributed by atoms with Crippen molar-refractivity contribution in [2.45, 2.75) is 13.3 Å². The molecule has 0 radical (unpaired) electrons. The number of alkyl halides is 2. The van der Waals surface area contributed by atoms with Gasteiger partial charge in [0, 0.05) is 15.1 Å². The molecule has 14 heavy (non-hydrogen) atoms. The molecule has 0 nitrogen and oxygen atoms in total. The zero-order valence-electron chi connectivity index (χ0n) is 7.35. The van der Waals surface area contributed by atoms with Gasteiger partial charge in [-0.2, -0.15) is 0 Å². The quantitative estimate of drug-likeness (QED) is 0.663. The third-order valence-corrected chi connectivity index (χ3v) is 3.72. The number of aryl methyl sites for hydroxylation is 1. The molecule has 2 rings (SSSR count). The molecule has 0 unspecified atom stereocenters.